The molecule has 20 rings (SSSR count). The molecule has 150 heavy (non-hydrogen) atoms. The number of para-hydroxylation sites is 2. The summed E-state index contributed by atoms with van der Waals surface area (Å²) in [6.45, 7) is 0. The fourth-order valence-electron chi connectivity index (χ4n) is 15.1. The summed E-state index contributed by atoms with van der Waals surface area (Å²) in [5, 5.41) is 42.0. The number of aromatic hydroxyl groups is 2. The number of anilines is 4. The summed E-state index contributed by atoms with van der Waals surface area (Å²) >= 11 is 26.6. The van der Waals surface area contributed by atoms with Gasteiger partial charge in [-0.15, -0.1) is 45.3 Å². The molecule has 0 saturated carbocycles. The van der Waals surface area contributed by atoms with Crippen LogP contribution in [0.15, 0.2) is 365 Å². The molecule has 748 valence electrons. The largest absolute Gasteiger partial charge is 0.508 e. The molecule has 0 spiro atoms. The molecule has 0 saturated heterocycles. The van der Waals surface area contributed by atoms with Crippen LogP contribution in [0.25, 0.3) is 82.6 Å². The van der Waals surface area contributed by atoms with Crippen molar-refractivity contribution < 1.29 is 75.4 Å². The van der Waals surface area contributed by atoms with Gasteiger partial charge in [0.25, 0.3) is 0 Å². The van der Waals surface area contributed by atoms with E-state index in [0.29, 0.717) is 62.3 Å². The fraction of sp³-hybridized carbons (Fsp3) is 0.0526. The van der Waals surface area contributed by atoms with Crippen LogP contribution in [0, 0.1) is 23.3 Å². The van der Waals surface area contributed by atoms with E-state index < -0.39 is 23.3 Å². The number of methoxy groups -OCH3 is 2. The van der Waals surface area contributed by atoms with E-state index in [1.165, 1.54) is 93.9 Å². The summed E-state index contributed by atoms with van der Waals surface area (Å²) in [5.74, 6) is 0.465. The molecule has 4 amide bonds. The van der Waals surface area contributed by atoms with Crippen LogP contribution < -0.4 is 71.0 Å². The normalized spacial score (nSPS) is 10.7. The van der Waals surface area contributed by atoms with Crippen molar-refractivity contribution >= 4 is 202 Å². The number of pyridine rings is 4. The second kappa shape index (κ2) is 49.7. The van der Waals surface area contributed by atoms with Crippen molar-refractivity contribution in [3.63, 3.8) is 0 Å². The van der Waals surface area contributed by atoms with Gasteiger partial charge < -0.3 is 81.2 Å². The molecule has 0 aliphatic heterocycles. The molecule has 10 N–H and O–H groups in total. The lowest BCUT2D eigenvalue weighted by atomic mass is 10.1. The molecular formula is C114H84F4N12O12S8. The predicted octanol–water partition coefficient (Wildman–Crippen LogP) is 27.2. The van der Waals surface area contributed by atoms with E-state index in [0.717, 1.165) is 99.8 Å². The number of ether oxygens (including phenoxy) is 6. The first kappa shape index (κ1) is 104. The minimum atomic E-state index is -0.606. The van der Waals surface area contributed by atoms with Gasteiger partial charge in [-0.2, -0.15) is 0 Å². The number of hydrogen-bond acceptors (Lipinski definition) is 24. The molecule has 0 aliphatic carbocycles. The molecule has 0 fully saturated rings. The van der Waals surface area contributed by atoms with Gasteiger partial charge in [0.1, 0.15) is 46.0 Å². The van der Waals surface area contributed by atoms with E-state index in [9.17, 15) is 47.0 Å². The number of aromatic nitrogens is 4. The van der Waals surface area contributed by atoms with Gasteiger partial charge >= 0.3 is 0 Å². The second-order valence-corrected chi connectivity index (χ2v) is 38.5. The van der Waals surface area contributed by atoms with Gasteiger partial charge in [0.15, 0.2) is 66.7 Å². The zero-order valence-electron chi connectivity index (χ0n) is 79.0. The topological polar surface area (TPSA) is 312 Å². The van der Waals surface area contributed by atoms with Gasteiger partial charge in [-0.25, -0.2) is 17.6 Å². The predicted molar refractivity (Wildman–Crippen MR) is 601 cm³/mol. The molecular weight excluding hydrogens is 2060 g/mol. The quantitative estimate of drug-likeness (QED) is 0.0178. The minimum absolute atomic E-state index is 0.0228. The number of amides is 4. The number of nitrogens with zero attached hydrogens (tertiary/aromatic N) is 4. The van der Waals surface area contributed by atoms with E-state index in [1.54, 1.807) is 118 Å². The molecule has 0 unspecified atom stereocenters. The summed E-state index contributed by atoms with van der Waals surface area (Å²) in [4.78, 5) is 70.2. The van der Waals surface area contributed by atoms with Crippen molar-refractivity contribution in [2.45, 2.75) is 25.7 Å². The molecule has 0 radical (unpaired) electrons. The third kappa shape index (κ3) is 27.9. The number of thiocarbonyl (C=S) groups is 4. The zero-order chi connectivity index (χ0) is 105. The van der Waals surface area contributed by atoms with Gasteiger partial charge in [0.05, 0.1) is 80.8 Å². The monoisotopic (exact) mass is 2140 g/mol. The Kier molecular flexibility index (Phi) is 34.5. The number of thiophene rings is 4. The van der Waals surface area contributed by atoms with Crippen LogP contribution in [0.1, 0.15) is 22.3 Å². The van der Waals surface area contributed by atoms with Crippen LogP contribution in [0.3, 0.4) is 0 Å². The van der Waals surface area contributed by atoms with Gasteiger partial charge in [-0.05, 0) is 204 Å². The molecule has 0 bridgehead atoms. The number of phenols is 2. The minimum Gasteiger partial charge on any atom is -0.508 e. The summed E-state index contributed by atoms with van der Waals surface area (Å²) in [6.07, 6.45) is 7.17. The first-order valence-electron chi connectivity index (χ1n) is 45.8. The molecule has 0 atom stereocenters. The number of fused-ring (bicyclic) bond motifs is 4. The molecule has 36 heteroatoms. The van der Waals surface area contributed by atoms with Crippen LogP contribution in [0.2, 0.25) is 0 Å². The Morgan fingerprint density at radius 3 is 0.900 bits per heavy atom. The Labute approximate surface area is 893 Å². The van der Waals surface area contributed by atoms with Crippen molar-refractivity contribution in [1.29, 1.82) is 0 Å². The van der Waals surface area contributed by atoms with E-state index in [-0.39, 0.29) is 104 Å². The first-order valence-corrected chi connectivity index (χ1v) is 50.7. The molecule has 24 nitrogen and oxygen atoms in total. The fourth-order valence-corrected chi connectivity index (χ4v) is 20.3. The molecule has 0 aliphatic rings. The average molecular weight is 2150 g/mol. The number of hydrogen-bond donors (Lipinski definition) is 10. The van der Waals surface area contributed by atoms with Crippen molar-refractivity contribution in [3.05, 3.63) is 410 Å². The summed E-state index contributed by atoms with van der Waals surface area (Å²) < 4.78 is 97.4. The lowest BCUT2D eigenvalue weighted by Crippen LogP contribution is -2.35. The average Bonchev–Trinajstić information content (AvgIpc) is 1.64. The number of rotatable bonds is 26. The lowest BCUT2D eigenvalue weighted by molar-refractivity contribution is -0.119. The molecule has 8 aromatic heterocycles. The van der Waals surface area contributed by atoms with Crippen LogP contribution in [-0.4, -0.2) is 88.4 Å². The number of carbonyl (C=O) groups is 4. The Morgan fingerprint density at radius 1 is 0.287 bits per heavy atom. The Hall–Kier alpha value is -17.4. The maximum Gasteiger partial charge on any atom is 0.230 e. The highest BCUT2D eigenvalue weighted by molar-refractivity contribution is 7.81. The summed E-state index contributed by atoms with van der Waals surface area (Å²) in [6, 6.07) is 98.6. The van der Waals surface area contributed by atoms with Crippen molar-refractivity contribution in [2.75, 3.05) is 35.5 Å². The van der Waals surface area contributed by atoms with E-state index >= 15 is 0 Å². The van der Waals surface area contributed by atoms with E-state index in [4.69, 9.17) is 77.3 Å². The highest BCUT2D eigenvalue weighted by Gasteiger charge is 2.23. The number of halogens is 4. The Bertz CT molecular complexity index is 8390. The summed E-state index contributed by atoms with van der Waals surface area (Å²) in [7, 11) is 3.26. The third-order valence-corrected chi connectivity index (χ3v) is 27.5. The van der Waals surface area contributed by atoms with Crippen LogP contribution in [-0.2, 0) is 44.9 Å². The van der Waals surface area contributed by atoms with Crippen LogP contribution in [0.5, 0.6) is 69.0 Å². The number of benzene rings is 12. The van der Waals surface area contributed by atoms with E-state index in [2.05, 4.69) is 62.5 Å². The third-order valence-electron chi connectivity index (χ3n) is 22.0. The van der Waals surface area contributed by atoms with Gasteiger partial charge in [0, 0.05) is 127 Å². The maximum absolute atomic E-state index is 15.0. The van der Waals surface area contributed by atoms with Crippen molar-refractivity contribution in [2.24, 2.45) is 0 Å². The molecule has 12 aromatic carbocycles. The van der Waals surface area contributed by atoms with Crippen molar-refractivity contribution in [1.82, 2.24) is 41.2 Å². The summed E-state index contributed by atoms with van der Waals surface area (Å²) in [5.41, 5.74) is 11.3. The molecule has 20 aromatic rings. The highest BCUT2D eigenvalue weighted by atomic mass is 32.1. The van der Waals surface area contributed by atoms with E-state index in [1.807, 2.05) is 212 Å². The van der Waals surface area contributed by atoms with Gasteiger partial charge in [-0.1, -0.05) is 170 Å². The van der Waals surface area contributed by atoms with Gasteiger partial charge in [0.2, 0.25) is 23.6 Å². The Morgan fingerprint density at radius 2 is 0.580 bits per heavy atom. The first-order chi connectivity index (χ1) is 72.9. The molecule has 8 heterocycles. The van der Waals surface area contributed by atoms with Crippen LogP contribution in [0.4, 0.5) is 40.3 Å². The number of carbonyl (C=O) groups excluding carboxylic acids is 4. The van der Waals surface area contributed by atoms with Gasteiger partial charge in [-0.3, -0.25) is 39.1 Å². The standard InChI is InChI=1S/2C29H22FN3O3S2.2C28H20FN3O3S2/c1-35-23-10-6-5-9-20(23)26-17-22-28(38-26)25(13-14-31-22)36-24-12-11-19(16-21(24)30)32-29(37)33-27(34)15-18-7-3-2-4-8-18;1-35-21-9-5-8-19(15-21)26-17-23-28(38-26)25(12-13-31-23)36-24-11-10-20(16-22(24)30)32-29(37)33-27(34)14-18-6-3-2-4-7-18;29-20-15-18(31-28(36)32-26(34)14-17-6-2-1-3-7-17)10-11-23(20)35-24-12-13-30-21-16-25(37-27(21)24)19-8-4-5-9-22(19)33;29-21-15-19(31-28(36)32-26(34)13-17-5-2-1-3-6-17)9-10-23(21)35-24-11-12-30-22-16-25(37-27(22)24)18-7-4-8-20(33)14-18/h2-14,16-17H,15H2,1H3,(H2,32,33,34,37);2-13,15-17H,14H2,1H3,(H2,32,33,34,37);1-13,15-16,33H,14H2,(H2,31,32,34,36);1-12,14-16,33H,13H2,(H2,31,32,34,36). The van der Waals surface area contributed by atoms with Crippen molar-refractivity contribution in [3.8, 4) is 111 Å². The smallest absolute Gasteiger partial charge is 0.230 e. The highest BCUT2D eigenvalue weighted by Crippen LogP contribution is 2.47. The Balaban J connectivity index is 0.000000136. The van der Waals surface area contributed by atoms with Crippen LogP contribution >= 0.6 is 94.2 Å². The lowest BCUT2D eigenvalue weighted by Gasteiger charge is -2.12. The zero-order valence-corrected chi connectivity index (χ0v) is 85.5. The number of phenolic OH excluding ortho intramolecular Hbond substituents is 2. The second-order valence-electron chi connectivity index (χ2n) is 32.7. The number of nitrogens with one attached hydrogen (secondary N) is 8. The maximum atomic E-state index is 15.0. The SMILES string of the molecule is COc1cccc(-c2cc3nccc(Oc4ccc(NC(=S)NC(=O)Cc5ccccc5)cc4F)c3s2)c1.COc1ccccc1-c1cc2nccc(Oc3ccc(NC(=S)NC(=O)Cc4ccccc4)cc3F)c2s1.O=C(Cc1ccccc1)NC(=S)Nc1ccc(Oc2ccnc3cc(-c4cccc(O)c4)sc23)c(F)c1.O=C(Cc1ccccc1)NC(=S)Nc1ccc(Oc2ccnc3cc(-c4ccccc4O)sc23)c(F)c1.